The van der Waals surface area contributed by atoms with E-state index in [0.29, 0.717) is 6.04 Å². The first-order valence-electron chi connectivity index (χ1n) is 6.40. The van der Waals surface area contributed by atoms with Crippen LogP contribution >= 0.6 is 0 Å². The van der Waals surface area contributed by atoms with Crippen LogP contribution in [0, 0.1) is 0 Å². The van der Waals surface area contributed by atoms with Crippen LogP contribution in [0.2, 0.25) is 0 Å². The molecule has 1 saturated heterocycles. The molecule has 0 aromatic carbocycles. The molecule has 1 heterocycles. The van der Waals surface area contributed by atoms with Crippen molar-refractivity contribution in [2.45, 2.75) is 45.1 Å². The quantitative estimate of drug-likeness (QED) is 0.529. The topological polar surface area (TPSA) is 21.3 Å². The summed E-state index contributed by atoms with van der Waals surface area (Å²) in [5.41, 5.74) is 1.49. The number of allylic oxidation sites excluding steroid dienone is 2. The van der Waals surface area contributed by atoms with E-state index in [2.05, 4.69) is 24.9 Å². The molecule has 2 heteroatoms. The van der Waals surface area contributed by atoms with E-state index in [1.54, 1.807) is 0 Å². The lowest BCUT2D eigenvalue weighted by molar-refractivity contribution is 0.0770. The van der Waals surface area contributed by atoms with Crippen LogP contribution < -0.4 is 5.32 Å². The zero-order chi connectivity index (χ0) is 11.6. The zero-order valence-corrected chi connectivity index (χ0v) is 10.5. The normalized spacial score (nSPS) is 22.1. The molecule has 16 heavy (non-hydrogen) atoms. The summed E-state index contributed by atoms with van der Waals surface area (Å²) >= 11 is 0. The third-order valence-electron chi connectivity index (χ3n) is 2.92. The van der Waals surface area contributed by atoms with Gasteiger partial charge in [0.15, 0.2) is 0 Å². The van der Waals surface area contributed by atoms with Crippen molar-refractivity contribution in [2.75, 3.05) is 19.8 Å². The molecule has 0 saturated carbocycles. The van der Waals surface area contributed by atoms with Gasteiger partial charge in [0.05, 0.1) is 13.2 Å². The van der Waals surface area contributed by atoms with Crippen molar-refractivity contribution in [3.8, 4) is 0 Å². The van der Waals surface area contributed by atoms with Gasteiger partial charge in [-0.25, -0.2) is 0 Å². The minimum absolute atomic E-state index is 0.526. The maximum absolute atomic E-state index is 5.44. The van der Waals surface area contributed by atoms with Gasteiger partial charge in [0.2, 0.25) is 0 Å². The van der Waals surface area contributed by atoms with Crippen molar-refractivity contribution in [2.24, 2.45) is 0 Å². The lowest BCUT2D eigenvalue weighted by Crippen LogP contribution is -2.41. The van der Waals surface area contributed by atoms with Crippen LogP contribution in [0.3, 0.4) is 0 Å². The lowest BCUT2D eigenvalue weighted by Gasteiger charge is -2.24. The summed E-state index contributed by atoms with van der Waals surface area (Å²) in [6.07, 6.45) is 10.4. The van der Waals surface area contributed by atoms with E-state index < -0.39 is 0 Å². The Balaban J connectivity index is 2.09. The van der Waals surface area contributed by atoms with Crippen LogP contribution in [0.15, 0.2) is 24.3 Å². The Hall–Kier alpha value is -0.600. The second-order valence-electron chi connectivity index (χ2n) is 4.55. The molecule has 1 rings (SSSR count). The van der Waals surface area contributed by atoms with Gasteiger partial charge in [0, 0.05) is 12.6 Å². The van der Waals surface area contributed by atoms with Gasteiger partial charge in [0.25, 0.3) is 0 Å². The minimum Gasteiger partial charge on any atom is -0.379 e. The van der Waals surface area contributed by atoms with Gasteiger partial charge in [-0.05, 0) is 39.0 Å². The standard InChI is InChI=1S/C14H25NO/c1-3-4-5-6-7-8-13(2)11-14-12-16-10-9-15-14/h3,8,14-15H,1,4-7,9-12H2,2H3/b13-8-. The Morgan fingerprint density at radius 2 is 2.25 bits per heavy atom. The smallest absolute Gasteiger partial charge is 0.0623 e. The first-order valence-corrected chi connectivity index (χ1v) is 6.40. The maximum Gasteiger partial charge on any atom is 0.0623 e. The average Bonchev–Trinajstić information content (AvgIpc) is 2.30. The molecule has 0 bridgehead atoms. The molecule has 0 aliphatic carbocycles. The Morgan fingerprint density at radius 1 is 1.44 bits per heavy atom. The van der Waals surface area contributed by atoms with Crippen molar-refractivity contribution in [1.82, 2.24) is 5.32 Å². The molecular weight excluding hydrogens is 198 g/mol. The molecule has 0 amide bonds. The summed E-state index contributed by atoms with van der Waals surface area (Å²) in [6, 6.07) is 0.526. The molecule has 1 aliphatic heterocycles. The molecule has 1 aliphatic rings. The van der Waals surface area contributed by atoms with E-state index in [0.717, 1.165) is 32.6 Å². The molecule has 1 fully saturated rings. The van der Waals surface area contributed by atoms with Gasteiger partial charge < -0.3 is 10.1 Å². The first kappa shape index (κ1) is 13.5. The molecule has 0 aromatic rings. The second kappa shape index (κ2) is 8.54. The van der Waals surface area contributed by atoms with Crippen molar-refractivity contribution in [1.29, 1.82) is 0 Å². The van der Waals surface area contributed by atoms with Crippen molar-refractivity contribution in [3.63, 3.8) is 0 Å². The van der Waals surface area contributed by atoms with E-state index in [1.807, 2.05) is 6.08 Å². The Kier molecular flexibility index (Phi) is 7.19. The number of nitrogens with one attached hydrogen (secondary N) is 1. The van der Waals surface area contributed by atoms with Crippen molar-refractivity contribution >= 4 is 0 Å². The fourth-order valence-corrected chi connectivity index (χ4v) is 2.00. The highest BCUT2D eigenvalue weighted by Crippen LogP contribution is 2.10. The number of rotatable bonds is 7. The Morgan fingerprint density at radius 3 is 2.94 bits per heavy atom. The number of hydrogen-bond donors (Lipinski definition) is 1. The number of ether oxygens (including phenoxy) is 1. The molecule has 1 unspecified atom stereocenters. The monoisotopic (exact) mass is 223 g/mol. The molecule has 1 atom stereocenters. The summed E-state index contributed by atoms with van der Waals surface area (Å²) in [6.45, 7) is 8.68. The Bertz CT molecular complexity index is 217. The van der Waals surface area contributed by atoms with Gasteiger partial charge in [-0.2, -0.15) is 0 Å². The van der Waals surface area contributed by atoms with Gasteiger partial charge in [0.1, 0.15) is 0 Å². The predicted molar refractivity (Wildman–Crippen MR) is 69.6 cm³/mol. The third kappa shape index (κ3) is 6.09. The van der Waals surface area contributed by atoms with E-state index in [-0.39, 0.29) is 0 Å². The number of unbranched alkanes of at least 4 members (excludes halogenated alkanes) is 3. The van der Waals surface area contributed by atoms with Crippen LogP contribution in [-0.2, 0) is 4.74 Å². The minimum atomic E-state index is 0.526. The van der Waals surface area contributed by atoms with Gasteiger partial charge in [-0.1, -0.05) is 17.7 Å². The summed E-state index contributed by atoms with van der Waals surface area (Å²) in [5.74, 6) is 0. The molecular formula is C14H25NO. The molecule has 0 radical (unpaired) electrons. The maximum atomic E-state index is 5.44. The van der Waals surface area contributed by atoms with E-state index in [4.69, 9.17) is 4.74 Å². The molecule has 92 valence electrons. The molecule has 0 spiro atoms. The van der Waals surface area contributed by atoms with Crippen LogP contribution in [0.1, 0.15) is 39.0 Å². The summed E-state index contributed by atoms with van der Waals surface area (Å²) in [7, 11) is 0. The number of morpholine rings is 1. The molecule has 2 nitrogen and oxygen atoms in total. The fraction of sp³-hybridized carbons (Fsp3) is 0.714. The lowest BCUT2D eigenvalue weighted by atomic mass is 10.0. The summed E-state index contributed by atoms with van der Waals surface area (Å²) in [4.78, 5) is 0. The van der Waals surface area contributed by atoms with E-state index >= 15 is 0 Å². The molecule has 0 aromatic heterocycles. The second-order valence-corrected chi connectivity index (χ2v) is 4.55. The van der Waals surface area contributed by atoms with Crippen molar-refractivity contribution < 1.29 is 4.74 Å². The number of hydrogen-bond acceptors (Lipinski definition) is 2. The van der Waals surface area contributed by atoms with Crippen LogP contribution in [-0.4, -0.2) is 25.8 Å². The zero-order valence-electron chi connectivity index (χ0n) is 10.5. The van der Waals surface area contributed by atoms with Gasteiger partial charge in [-0.3, -0.25) is 0 Å². The Labute approximate surface area is 99.8 Å². The summed E-state index contributed by atoms with van der Waals surface area (Å²) < 4.78 is 5.44. The summed E-state index contributed by atoms with van der Waals surface area (Å²) in [5, 5.41) is 3.48. The van der Waals surface area contributed by atoms with Crippen LogP contribution in [0.4, 0.5) is 0 Å². The van der Waals surface area contributed by atoms with Crippen molar-refractivity contribution in [3.05, 3.63) is 24.3 Å². The predicted octanol–water partition coefficient (Wildman–Crippen LogP) is 3.06. The highest BCUT2D eigenvalue weighted by atomic mass is 16.5. The fourth-order valence-electron chi connectivity index (χ4n) is 2.00. The van der Waals surface area contributed by atoms with Gasteiger partial charge in [-0.15, -0.1) is 6.58 Å². The van der Waals surface area contributed by atoms with Gasteiger partial charge >= 0.3 is 0 Å². The highest BCUT2D eigenvalue weighted by Gasteiger charge is 2.12. The largest absolute Gasteiger partial charge is 0.379 e. The van der Waals surface area contributed by atoms with Crippen LogP contribution in [0.5, 0.6) is 0 Å². The third-order valence-corrected chi connectivity index (χ3v) is 2.92. The first-order chi connectivity index (χ1) is 7.83. The van der Waals surface area contributed by atoms with Crippen LogP contribution in [0.25, 0.3) is 0 Å². The van der Waals surface area contributed by atoms with E-state index in [9.17, 15) is 0 Å². The highest BCUT2D eigenvalue weighted by molar-refractivity contribution is 5.01. The van der Waals surface area contributed by atoms with E-state index in [1.165, 1.54) is 24.8 Å². The average molecular weight is 223 g/mol. The molecule has 1 N–H and O–H groups in total. The SMILES string of the molecule is C=CCCCC/C=C(/C)CC1COCCN1.